The van der Waals surface area contributed by atoms with Gasteiger partial charge in [-0.3, -0.25) is 0 Å². The van der Waals surface area contributed by atoms with Crippen molar-refractivity contribution in [2.24, 2.45) is 0 Å². The SMILES string of the molecule is CCOC(=O)N1CCC(N2CCC(c3ccnc(C)n3)CC2)CC1. The van der Waals surface area contributed by atoms with E-state index in [1.54, 1.807) is 0 Å². The first-order chi connectivity index (χ1) is 11.7. The molecule has 0 bridgehead atoms. The summed E-state index contributed by atoms with van der Waals surface area (Å²) in [5.74, 6) is 1.42. The number of rotatable bonds is 3. The molecule has 6 nitrogen and oxygen atoms in total. The van der Waals surface area contributed by atoms with Crippen molar-refractivity contribution < 1.29 is 9.53 Å². The van der Waals surface area contributed by atoms with Crippen LogP contribution in [0.15, 0.2) is 12.3 Å². The standard InChI is InChI=1S/C18H28N4O2/c1-3-24-18(23)22-12-7-16(8-13-22)21-10-5-15(6-11-21)17-4-9-19-14(2)20-17/h4,9,15-16H,3,5-8,10-13H2,1-2H3. The van der Waals surface area contributed by atoms with Crippen LogP contribution in [0.4, 0.5) is 4.79 Å². The molecule has 1 aromatic rings. The molecule has 2 fully saturated rings. The molecule has 0 N–H and O–H groups in total. The van der Waals surface area contributed by atoms with Gasteiger partial charge in [-0.05, 0) is 58.7 Å². The van der Waals surface area contributed by atoms with Crippen LogP contribution < -0.4 is 0 Å². The molecule has 2 aliphatic heterocycles. The van der Waals surface area contributed by atoms with Crippen molar-refractivity contribution in [1.82, 2.24) is 19.8 Å². The van der Waals surface area contributed by atoms with Gasteiger partial charge in [-0.15, -0.1) is 0 Å². The molecular weight excluding hydrogens is 304 g/mol. The zero-order chi connectivity index (χ0) is 16.9. The third-order valence-electron chi connectivity index (χ3n) is 5.25. The predicted molar refractivity (Wildman–Crippen MR) is 91.9 cm³/mol. The lowest BCUT2D eigenvalue weighted by atomic mass is 9.91. The zero-order valence-electron chi connectivity index (χ0n) is 14.8. The summed E-state index contributed by atoms with van der Waals surface area (Å²) in [5, 5.41) is 0. The molecule has 6 heteroatoms. The van der Waals surface area contributed by atoms with Crippen LogP contribution in [0, 0.1) is 6.92 Å². The molecule has 2 saturated heterocycles. The van der Waals surface area contributed by atoms with Gasteiger partial charge in [0.1, 0.15) is 5.82 Å². The van der Waals surface area contributed by atoms with E-state index < -0.39 is 0 Å². The zero-order valence-corrected chi connectivity index (χ0v) is 14.8. The summed E-state index contributed by atoms with van der Waals surface area (Å²) in [5.41, 5.74) is 1.19. The molecule has 0 aliphatic carbocycles. The molecule has 0 unspecified atom stereocenters. The van der Waals surface area contributed by atoms with Crippen LogP contribution in [0.1, 0.15) is 50.0 Å². The quantitative estimate of drug-likeness (QED) is 0.851. The number of carbonyl (C=O) groups is 1. The topological polar surface area (TPSA) is 58.6 Å². The van der Waals surface area contributed by atoms with Gasteiger partial charge in [0.05, 0.1) is 6.61 Å². The highest BCUT2D eigenvalue weighted by atomic mass is 16.6. The first kappa shape index (κ1) is 17.1. The third kappa shape index (κ3) is 4.04. The number of amides is 1. The molecule has 24 heavy (non-hydrogen) atoms. The Labute approximate surface area is 144 Å². The van der Waals surface area contributed by atoms with Gasteiger partial charge in [-0.25, -0.2) is 14.8 Å². The average Bonchev–Trinajstić information content (AvgIpc) is 2.62. The largest absolute Gasteiger partial charge is 0.450 e. The van der Waals surface area contributed by atoms with Crippen molar-refractivity contribution in [3.63, 3.8) is 0 Å². The molecule has 0 atom stereocenters. The molecule has 3 rings (SSSR count). The van der Waals surface area contributed by atoms with Gasteiger partial charge in [0.2, 0.25) is 0 Å². The van der Waals surface area contributed by atoms with Crippen LogP contribution >= 0.6 is 0 Å². The lowest BCUT2D eigenvalue weighted by molar-refractivity contribution is 0.0661. The number of aryl methyl sites for hydroxylation is 1. The monoisotopic (exact) mass is 332 g/mol. The van der Waals surface area contributed by atoms with Crippen LogP contribution in [0.3, 0.4) is 0 Å². The Hall–Kier alpha value is -1.69. The van der Waals surface area contributed by atoms with E-state index in [1.165, 1.54) is 5.69 Å². The van der Waals surface area contributed by atoms with Crippen molar-refractivity contribution in [3.05, 3.63) is 23.8 Å². The number of aromatic nitrogens is 2. The summed E-state index contributed by atoms with van der Waals surface area (Å²) in [4.78, 5) is 25.0. The van der Waals surface area contributed by atoms with E-state index in [0.29, 0.717) is 18.6 Å². The number of ether oxygens (including phenoxy) is 1. The molecule has 0 radical (unpaired) electrons. The molecular formula is C18H28N4O2. The van der Waals surface area contributed by atoms with Crippen LogP contribution in [-0.4, -0.2) is 64.7 Å². The van der Waals surface area contributed by atoms with E-state index in [1.807, 2.05) is 24.9 Å². The Kier molecular flexibility index (Phi) is 5.66. The maximum absolute atomic E-state index is 11.8. The lowest BCUT2D eigenvalue weighted by Crippen LogP contribution is -2.49. The van der Waals surface area contributed by atoms with Crippen molar-refractivity contribution in [2.45, 2.75) is 51.5 Å². The fraction of sp³-hybridized carbons (Fsp3) is 0.722. The number of nitrogens with zero attached hydrogens (tertiary/aromatic N) is 4. The molecule has 3 heterocycles. The molecule has 1 aromatic heterocycles. The first-order valence-electron chi connectivity index (χ1n) is 9.12. The Morgan fingerprint density at radius 2 is 1.92 bits per heavy atom. The summed E-state index contributed by atoms with van der Waals surface area (Å²) < 4.78 is 5.10. The molecule has 2 aliphatic rings. The van der Waals surface area contributed by atoms with Gasteiger partial charge < -0.3 is 14.5 Å². The normalized spacial score (nSPS) is 21.0. The minimum absolute atomic E-state index is 0.159. The summed E-state index contributed by atoms with van der Waals surface area (Å²) in [6.07, 6.45) is 6.14. The highest BCUT2D eigenvalue weighted by Crippen LogP contribution is 2.29. The van der Waals surface area contributed by atoms with Gasteiger partial charge >= 0.3 is 6.09 Å². The van der Waals surface area contributed by atoms with Gasteiger partial charge in [-0.1, -0.05) is 0 Å². The lowest BCUT2D eigenvalue weighted by Gasteiger charge is -2.41. The average molecular weight is 332 g/mol. The fourth-order valence-electron chi connectivity index (χ4n) is 3.89. The maximum Gasteiger partial charge on any atom is 0.409 e. The summed E-state index contributed by atoms with van der Waals surface area (Å²) >= 11 is 0. The van der Waals surface area contributed by atoms with Crippen molar-refractivity contribution >= 4 is 6.09 Å². The van der Waals surface area contributed by atoms with Crippen molar-refractivity contribution in [2.75, 3.05) is 32.8 Å². The maximum atomic E-state index is 11.8. The summed E-state index contributed by atoms with van der Waals surface area (Å²) in [6, 6.07) is 2.66. The van der Waals surface area contributed by atoms with Crippen molar-refractivity contribution in [3.8, 4) is 0 Å². The summed E-state index contributed by atoms with van der Waals surface area (Å²) in [6.45, 7) is 8.14. The first-order valence-corrected chi connectivity index (χ1v) is 9.12. The number of carbonyl (C=O) groups excluding carboxylic acids is 1. The van der Waals surface area contributed by atoms with Gasteiger partial charge in [-0.2, -0.15) is 0 Å². The molecule has 132 valence electrons. The second kappa shape index (κ2) is 7.92. The van der Waals surface area contributed by atoms with E-state index >= 15 is 0 Å². The van der Waals surface area contributed by atoms with E-state index in [4.69, 9.17) is 4.74 Å². The number of hydrogen-bond acceptors (Lipinski definition) is 5. The number of likely N-dealkylation sites (tertiary alicyclic amines) is 2. The highest BCUT2D eigenvalue weighted by molar-refractivity contribution is 5.67. The second-order valence-corrected chi connectivity index (χ2v) is 6.76. The van der Waals surface area contributed by atoms with Crippen LogP contribution in [0.2, 0.25) is 0 Å². The molecule has 0 spiro atoms. The van der Waals surface area contributed by atoms with Gasteiger partial charge in [0.15, 0.2) is 0 Å². The van der Waals surface area contributed by atoms with Crippen LogP contribution in [-0.2, 0) is 4.74 Å². The molecule has 0 aromatic carbocycles. The minimum Gasteiger partial charge on any atom is -0.450 e. The highest BCUT2D eigenvalue weighted by Gasteiger charge is 2.30. The van der Waals surface area contributed by atoms with E-state index in [0.717, 1.165) is 57.7 Å². The number of hydrogen-bond donors (Lipinski definition) is 0. The molecule has 1 amide bonds. The summed E-state index contributed by atoms with van der Waals surface area (Å²) in [7, 11) is 0. The van der Waals surface area contributed by atoms with Crippen LogP contribution in [0.25, 0.3) is 0 Å². The smallest absolute Gasteiger partial charge is 0.409 e. The van der Waals surface area contributed by atoms with E-state index in [2.05, 4.69) is 20.9 Å². The second-order valence-electron chi connectivity index (χ2n) is 6.76. The van der Waals surface area contributed by atoms with E-state index in [9.17, 15) is 4.79 Å². The van der Waals surface area contributed by atoms with Gasteiger partial charge in [0.25, 0.3) is 0 Å². The third-order valence-corrected chi connectivity index (χ3v) is 5.25. The number of piperidine rings is 2. The predicted octanol–water partition coefficient (Wildman–Crippen LogP) is 2.59. The van der Waals surface area contributed by atoms with Gasteiger partial charge in [0, 0.05) is 36.9 Å². The Balaban J connectivity index is 1.47. The van der Waals surface area contributed by atoms with Crippen LogP contribution in [0.5, 0.6) is 0 Å². The minimum atomic E-state index is -0.159. The molecule has 0 saturated carbocycles. The fourth-order valence-corrected chi connectivity index (χ4v) is 3.89. The van der Waals surface area contributed by atoms with Crippen molar-refractivity contribution in [1.29, 1.82) is 0 Å². The Bertz CT molecular complexity index is 550. The van der Waals surface area contributed by atoms with E-state index in [-0.39, 0.29) is 6.09 Å². The Morgan fingerprint density at radius 1 is 1.21 bits per heavy atom. The Morgan fingerprint density at radius 3 is 2.54 bits per heavy atom.